The van der Waals surface area contributed by atoms with E-state index >= 15 is 0 Å². The molecule has 2 N–H and O–H groups in total. The largest absolute Gasteiger partial charge is 0.493 e. The Morgan fingerprint density at radius 1 is 1.03 bits per heavy atom. The molecule has 8 nitrogen and oxygen atoms in total. The second kappa shape index (κ2) is 9.43. The number of nitrogens with two attached hydrogens (primary N) is 1. The number of para-hydroxylation sites is 1. The lowest BCUT2D eigenvalue weighted by molar-refractivity contribution is -0.125. The SMILES string of the molecule is COc1cc(C=C2CCc3c2nc2ccccc2c3C(=O)OC(C)C(N)=O)cc(OC)c1OC. The van der Waals surface area contributed by atoms with Gasteiger partial charge in [0.15, 0.2) is 17.6 Å². The number of benzene rings is 2. The molecule has 2 aromatic carbocycles. The summed E-state index contributed by atoms with van der Waals surface area (Å²) in [5, 5.41) is 0.678. The molecule has 1 aromatic heterocycles. The molecule has 1 aliphatic rings. The van der Waals surface area contributed by atoms with Crippen molar-refractivity contribution in [2.24, 2.45) is 5.73 Å². The van der Waals surface area contributed by atoms with Gasteiger partial charge < -0.3 is 24.7 Å². The molecule has 0 saturated carbocycles. The first kappa shape index (κ1) is 23.1. The smallest absolute Gasteiger partial charge is 0.339 e. The van der Waals surface area contributed by atoms with Crippen molar-refractivity contribution in [3.63, 3.8) is 0 Å². The Kier molecular flexibility index (Phi) is 6.40. The van der Waals surface area contributed by atoms with E-state index in [9.17, 15) is 9.59 Å². The number of methoxy groups -OCH3 is 3. The molecular formula is C26H26N2O6. The van der Waals surface area contributed by atoms with E-state index < -0.39 is 18.0 Å². The summed E-state index contributed by atoms with van der Waals surface area (Å²) < 4.78 is 21.7. The lowest BCUT2D eigenvalue weighted by Gasteiger charge is -2.15. The van der Waals surface area contributed by atoms with Gasteiger partial charge in [-0.25, -0.2) is 9.78 Å². The first-order valence-corrected chi connectivity index (χ1v) is 10.8. The van der Waals surface area contributed by atoms with Gasteiger partial charge in [-0.15, -0.1) is 0 Å². The number of aromatic nitrogens is 1. The molecule has 0 radical (unpaired) electrons. The van der Waals surface area contributed by atoms with E-state index in [1.54, 1.807) is 21.3 Å². The van der Waals surface area contributed by atoms with Gasteiger partial charge in [0.25, 0.3) is 5.91 Å². The number of primary amides is 1. The third kappa shape index (κ3) is 4.14. The molecule has 176 valence electrons. The minimum absolute atomic E-state index is 0.419. The van der Waals surface area contributed by atoms with Crippen molar-refractivity contribution in [1.82, 2.24) is 4.98 Å². The molecule has 1 heterocycles. The molecule has 0 aliphatic heterocycles. The quantitative estimate of drug-likeness (QED) is 0.532. The van der Waals surface area contributed by atoms with E-state index in [1.165, 1.54) is 6.92 Å². The average molecular weight is 463 g/mol. The van der Waals surface area contributed by atoms with Crippen molar-refractivity contribution >= 4 is 34.4 Å². The monoisotopic (exact) mass is 462 g/mol. The fourth-order valence-corrected chi connectivity index (χ4v) is 4.18. The summed E-state index contributed by atoms with van der Waals surface area (Å²) in [5.41, 5.74) is 9.71. The van der Waals surface area contributed by atoms with Crippen LogP contribution in [0.15, 0.2) is 36.4 Å². The highest BCUT2D eigenvalue weighted by molar-refractivity contribution is 6.07. The maximum absolute atomic E-state index is 13.1. The van der Waals surface area contributed by atoms with E-state index in [0.717, 1.165) is 22.4 Å². The van der Waals surface area contributed by atoms with Crippen LogP contribution in [0.5, 0.6) is 17.2 Å². The van der Waals surface area contributed by atoms with Crippen LogP contribution in [0.3, 0.4) is 0 Å². The molecule has 8 heteroatoms. The Morgan fingerprint density at radius 2 is 1.71 bits per heavy atom. The predicted molar refractivity (Wildman–Crippen MR) is 128 cm³/mol. The van der Waals surface area contributed by atoms with Crippen LogP contribution in [0, 0.1) is 0 Å². The van der Waals surface area contributed by atoms with Crippen molar-refractivity contribution in [3.05, 3.63) is 58.8 Å². The van der Waals surface area contributed by atoms with Crippen LogP contribution in [0.1, 0.15) is 40.5 Å². The molecular weight excluding hydrogens is 436 g/mol. The molecule has 1 atom stereocenters. The third-order valence-electron chi connectivity index (χ3n) is 5.86. The Labute approximate surface area is 197 Å². The number of esters is 1. The zero-order valence-corrected chi connectivity index (χ0v) is 19.5. The highest BCUT2D eigenvalue weighted by Crippen LogP contribution is 2.41. The van der Waals surface area contributed by atoms with Crippen molar-refractivity contribution < 1.29 is 28.5 Å². The van der Waals surface area contributed by atoms with E-state index in [-0.39, 0.29) is 0 Å². The summed E-state index contributed by atoms with van der Waals surface area (Å²) in [5.74, 6) is 0.310. The van der Waals surface area contributed by atoms with Crippen molar-refractivity contribution in [1.29, 1.82) is 0 Å². The molecule has 4 rings (SSSR count). The second-order valence-electron chi connectivity index (χ2n) is 7.91. The predicted octanol–water partition coefficient (Wildman–Crippen LogP) is 3.78. The Balaban J connectivity index is 1.85. The normalized spacial score (nSPS) is 14.5. The van der Waals surface area contributed by atoms with Crippen LogP contribution < -0.4 is 19.9 Å². The molecule has 1 unspecified atom stereocenters. The molecule has 0 fully saturated rings. The molecule has 0 spiro atoms. The summed E-state index contributed by atoms with van der Waals surface area (Å²) in [4.78, 5) is 29.4. The van der Waals surface area contributed by atoms with Crippen LogP contribution in [-0.2, 0) is 16.0 Å². The van der Waals surface area contributed by atoms with Gasteiger partial charge in [0.1, 0.15) is 0 Å². The number of nitrogens with zero attached hydrogens (tertiary/aromatic N) is 1. The molecule has 1 aliphatic carbocycles. The number of ether oxygens (including phenoxy) is 4. The summed E-state index contributed by atoms with van der Waals surface area (Å²) in [6.45, 7) is 1.46. The van der Waals surface area contributed by atoms with Crippen LogP contribution in [-0.4, -0.2) is 44.3 Å². The highest BCUT2D eigenvalue weighted by atomic mass is 16.5. The summed E-state index contributed by atoms with van der Waals surface area (Å²) in [6.07, 6.45) is 2.25. The van der Waals surface area contributed by atoms with Gasteiger partial charge in [0.2, 0.25) is 5.75 Å². The number of fused-ring (bicyclic) bond motifs is 2. The maximum Gasteiger partial charge on any atom is 0.339 e. The standard InChI is InChI=1S/C26H26N2O6/c1-14(25(27)29)34-26(30)22-17-7-5-6-8-19(17)28-23-16(9-10-18(22)23)11-15-12-20(31-2)24(33-4)21(13-15)32-3/h5-8,11-14H,9-10H2,1-4H3,(H2,27,29). The fourth-order valence-electron chi connectivity index (χ4n) is 4.18. The average Bonchev–Trinajstić information content (AvgIpc) is 3.23. The van der Waals surface area contributed by atoms with Crippen molar-refractivity contribution in [2.75, 3.05) is 21.3 Å². The van der Waals surface area contributed by atoms with Gasteiger partial charge in [-0.1, -0.05) is 18.2 Å². The fraction of sp³-hybridized carbons (Fsp3) is 0.269. The molecule has 0 saturated heterocycles. The van der Waals surface area contributed by atoms with Crippen molar-refractivity contribution in [2.45, 2.75) is 25.9 Å². The first-order valence-electron chi connectivity index (χ1n) is 10.8. The maximum atomic E-state index is 13.1. The number of carbonyl (C=O) groups is 2. The number of pyridine rings is 1. The molecule has 1 amide bonds. The van der Waals surface area contributed by atoms with Gasteiger partial charge in [-0.3, -0.25) is 4.79 Å². The van der Waals surface area contributed by atoms with Crippen molar-refractivity contribution in [3.8, 4) is 17.2 Å². The topological polar surface area (TPSA) is 110 Å². The van der Waals surface area contributed by atoms with E-state index in [2.05, 4.69) is 0 Å². The number of hydrogen-bond donors (Lipinski definition) is 1. The molecule has 0 bridgehead atoms. The van der Waals surface area contributed by atoms with Gasteiger partial charge >= 0.3 is 5.97 Å². The summed E-state index contributed by atoms with van der Waals surface area (Å²) >= 11 is 0. The van der Waals surface area contributed by atoms with Crippen LogP contribution in [0.4, 0.5) is 0 Å². The summed E-state index contributed by atoms with van der Waals surface area (Å²) in [7, 11) is 4.69. The third-order valence-corrected chi connectivity index (χ3v) is 5.86. The molecule has 3 aromatic rings. The minimum Gasteiger partial charge on any atom is -0.493 e. The number of hydrogen-bond acceptors (Lipinski definition) is 7. The molecule has 34 heavy (non-hydrogen) atoms. The van der Waals surface area contributed by atoms with Gasteiger partial charge in [-0.2, -0.15) is 0 Å². The van der Waals surface area contributed by atoms with Crippen LogP contribution in [0.2, 0.25) is 0 Å². The van der Waals surface area contributed by atoms with Gasteiger partial charge in [-0.05, 0) is 60.7 Å². The van der Waals surface area contributed by atoms with Gasteiger partial charge in [0, 0.05) is 5.39 Å². The van der Waals surface area contributed by atoms with E-state index in [4.69, 9.17) is 29.7 Å². The second-order valence-corrected chi connectivity index (χ2v) is 7.91. The summed E-state index contributed by atoms with van der Waals surface area (Å²) in [6, 6.07) is 11.1. The Morgan fingerprint density at radius 3 is 2.32 bits per heavy atom. The minimum atomic E-state index is -1.04. The number of rotatable bonds is 7. The Hall–Kier alpha value is -4.07. The number of amides is 1. The van der Waals surface area contributed by atoms with E-state index in [1.807, 2.05) is 42.5 Å². The zero-order valence-electron chi connectivity index (χ0n) is 19.5. The van der Waals surface area contributed by atoms with Gasteiger partial charge in [0.05, 0.1) is 38.1 Å². The number of carbonyl (C=O) groups excluding carboxylic acids is 2. The zero-order chi connectivity index (χ0) is 24.4. The first-order chi connectivity index (χ1) is 16.4. The Bertz CT molecular complexity index is 1290. The highest BCUT2D eigenvalue weighted by Gasteiger charge is 2.29. The lowest BCUT2D eigenvalue weighted by Crippen LogP contribution is -2.30. The van der Waals surface area contributed by atoms with Crippen LogP contribution in [0.25, 0.3) is 22.6 Å². The lowest BCUT2D eigenvalue weighted by atomic mass is 10.0. The number of allylic oxidation sites excluding steroid dienone is 1. The van der Waals surface area contributed by atoms with E-state index in [0.29, 0.717) is 46.6 Å². The van der Waals surface area contributed by atoms with Crippen LogP contribution >= 0.6 is 0 Å².